The Labute approximate surface area is 54.7 Å². The SMILES string of the molecule is CCO[SH](=O)=O.[Fe]. The summed E-state index contributed by atoms with van der Waals surface area (Å²) in [6, 6.07) is 0. The molecule has 0 spiro atoms. The molecule has 5 heteroatoms. The summed E-state index contributed by atoms with van der Waals surface area (Å²) in [5, 5.41) is 0. The number of rotatable bonds is 2. The van der Waals surface area contributed by atoms with Crippen molar-refractivity contribution in [3.05, 3.63) is 0 Å². The second-order valence-corrected chi connectivity index (χ2v) is 1.35. The number of hydrogen-bond acceptors (Lipinski definition) is 3. The molecule has 0 N–H and O–H groups in total. The fourth-order valence-corrected chi connectivity index (χ4v) is 0.316. The van der Waals surface area contributed by atoms with E-state index in [1.165, 1.54) is 0 Å². The molecule has 0 fully saturated rings. The molecule has 46 valence electrons. The van der Waals surface area contributed by atoms with Gasteiger partial charge in [-0.25, -0.2) is 8.42 Å². The van der Waals surface area contributed by atoms with Crippen LogP contribution in [0.1, 0.15) is 6.92 Å². The standard InChI is InChI=1S/C2H6O3S.Fe/c1-2-5-6(3)4;/h6H,2H2,1H3;. The minimum absolute atomic E-state index is 0. The van der Waals surface area contributed by atoms with Gasteiger partial charge in [0.2, 0.25) is 0 Å². The summed E-state index contributed by atoms with van der Waals surface area (Å²) in [4.78, 5) is 0. The zero-order valence-corrected chi connectivity index (χ0v) is 5.73. The van der Waals surface area contributed by atoms with E-state index in [9.17, 15) is 8.42 Å². The molecule has 0 aliphatic heterocycles. The summed E-state index contributed by atoms with van der Waals surface area (Å²) in [5.41, 5.74) is 0. The van der Waals surface area contributed by atoms with Crippen LogP contribution in [0, 0.1) is 0 Å². The molecule has 0 aliphatic carbocycles. The maximum Gasteiger partial charge on any atom is 0.257 e. The molecule has 0 heterocycles. The average molecular weight is 166 g/mol. The molecule has 0 aliphatic rings. The Kier molecular flexibility index (Phi) is 9.57. The van der Waals surface area contributed by atoms with Gasteiger partial charge in [-0.15, -0.1) is 0 Å². The average Bonchev–Trinajstić information content (AvgIpc) is 1.35. The summed E-state index contributed by atoms with van der Waals surface area (Å²) in [7, 11) is -2.60. The van der Waals surface area contributed by atoms with E-state index in [-0.39, 0.29) is 23.7 Å². The molecule has 0 aromatic rings. The van der Waals surface area contributed by atoms with E-state index >= 15 is 0 Å². The predicted octanol–water partition coefficient (Wildman–Crippen LogP) is -0.453. The van der Waals surface area contributed by atoms with Gasteiger partial charge in [-0.3, -0.25) is 4.18 Å². The van der Waals surface area contributed by atoms with Crippen LogP contribution in [0.4, 0.5) is 0 Å². The third-order valence-corrected chi connectivity index (χ3v) is 0.704. The van der Waals surface area contributed by atoms with Crippen LogP contribution in [0.5, 0.6) is 0 Å². The first-order valence-electron chi connectivity index (χ1n) is 1.54. The molecule has 0 unspecified atom stereocenters. The Morgan fingerprint density at radius 1 is 1.57 bits per heavy atom. The van der Waals surface area contributed by atoms with Crippen molar-refractivity contribution in [2.45, 2.75) is 6.92 Å². The minimum atomic E-state index is -2.60. The summed E-state index contributed by atoms with van der Waals surface area (Å²) >= 11 is 0. The van der Waals surface area contributed by atoms with Crippen LogP contribution in [0.15, 0.2) is 0 Å². The van der Waals surface area contributed by atoms with E-state index in [4.69, 9.17) is 0 Å². The predicted molar refractivity (Wildman–Crippen MR) is 21.9 cm³/mol. The van der Waals surface area contributed by atoms with Gasteiger partial charge in [0.1, 0.15) is 0 Å². The third-order valence-electron chi connectivity index (χ3n) is 0.235. The van der Waals surface area contributed by atoms with Crippen molar-refractivity contribution in [3.8, 4) is 0 Å². The van der Waals surface area contributed by atoms with Crippen molar-refractivity contribution in [2.24, 2.45) is 0 Å². The summed E-state index contributed by atoms with van der Waals surface area (Å²) in [6.45, 7) is 1.85. The van der Waals surface area contributed by atoms with Gasteiger partial charge in [0.15, 0.2) is 0 Å². The quantitative estimate of drug-likeness (QED) is 0.446. The number of hydrogen-bond donors (Lipinski definition) is 1. The number of thiol groups is 1. The van der Waals surface area contributed by atoms with Crippen LogP contribution in [-0.4, -0.2) is 15.0 Å². The summed E-state index contributed by atoms with van der Waals surface area (Å²) < 4.78 is 22.8. The maximum atomic E-state index is 9.41. The zero-order valence-electron chi connectivity index (χ0n) is 3.73. The monoisotopic (exact) mass is 166 g/mol. The van der Waals surface area contributed by atoms with Crippen molar-refractivity contribution in [1.29, 1.82) is 0 Å². The molecular weight excluding hydrogens is 160 g/mol. The van der Waals surface area contributed by atoms with Gasteiger partial charge >= 0.3 is 0 Å². The molecule has 3 nitrogen and oxygen atoms in total. The van der Waals surface area contributed by atoms with E-state index in [0.29, 0.717) is 0 Å². The Bertz CT molecular complexity index is 80.9. The van der Waals surface area contributed by atoms with E-state index < -0.39 is 11.0 Å². The fraction of sp³-hybridized carbons (Fsp3) is 1.00. The van der Waals surface area contributed by atoms with Crippen molar-refractivity contribution in [1.82, 2.24) is 0 Å². The van der Waals surface area contributed by atoms with Crippen LogP contribution in [0.25, 0.3) is 0 Å². The van der Waals surface area contributed by atoms with Crippen LogP contribution in [0.2, 0.25) is 0 Å². The van der Waals surface area contributed by atoms with Crippen molar-refractivity contribution in [3.63, 3.8) is 0 Å². The van der Waals surface area contributed by atoms with Crippen LogP contribution in [-0.2, 0) is 32.2 Å². The third kappa shape index (κ3) is 10.7. The van der Waals surface area contributed by atoms with Gasteiger partial charge in [0, 0.05) is 17.1 Å². The second kappa shape index (κ2) is 6.43. The van der Waals surface area contributed by atoms with Crippen LogP contribution >= 0.6 is 0 Å². The molecule has 0 atom stereocenters. The fourth-order valence-electron chi connectivity index (χ4n) is 0.105. The van der Waals surface area contributed by atoms with E-state index in [0.717, 1.165) is 0 Å². The van der Waals surface area contributed by atoms with Crippen LogP contribution in [0.3, 0.4) is 0 Å². The summed E-state index contributed by atoms with van der Waals surface area (Å²) in [5.74, 6) is 0. The smallest absolute Gasteiger partial charge is 0.257 e. The first-order valence-corrected chi connectivity index (χ1v) is 2.64. The molecule has 0 radical (unpaired) electrons. The molecule has 0 amide bonds. The van der Waals surface area contributed by atoms with Crippen molar-refractivity contribution < 1.29 is 29.7 Å². The molecule has 0 saturated carbocycles. The summed E-state index contributed by atoms with van der Waals surface area (Å²) in [6.07, 6.45) is 0. The van der Waals surface area contributed by atoms with Gasteiger partial charge in [0.05, 0.1) is 6.61 Å². The first kappa shape index (κ1) is 10.4. The van der Waals surface area contributed by atoms with Gasteiger partial charge < -0.3 is 0 Å². The Balaban J connectivity index is 0. The molecule has 0 aromatic carbocycles. The van der Waals surface area contributed by atoms with Gasteiger partial charge in [-0.05, 0) is 6.92 Å². The van der Waals surface area contributed by atoms with Gasteiger partial charge in [-0.2, -0.15) is 0 Å². The molecule has 0 rings (SSSR count). The van der Waals surface area contributed by atoms with Crippen molar-refractivity contribution >= 4 is 11.0 Å². The molecule has 0 bridgehead atoms. The molecule has 0 saturated heterocycles. The topological polar surface area (TPSA) is 43.4 Å². The normalized spacial score (nSPS) is 8.29. The largest absolute Gasteiger partial charge is 0.272 e. The van der Waals surface area contributed by atoms with Gasteiger partial charge in [-0.1, -0.05) is 0 Å². The van der Waals surface area contributed by atoms with E-state index in [1.54, 1.807) is 6.92 Å². The molecule has 0 aromatic heterocycles. The Morgan fingerprint density at radius 3 is 2.00 bits per heavy atom. The minimum Gasteiger partial charge on any atom is -0.272 e. The van der Waals surface area contributed by atoms with Gasteiger partial charge in [0.25, 0.3) is 11.0 Å². The van der Waals surface area contributed by atoms with Crippen LogP contribution < -0.4 is 0 Å². The first-order chi connectivity index (χ1) is 2.77. The van der Waals surface area contributed by atoms with E-state index in [2.05, 4.69) is 4.18 Å². The van der Waals surface area contributed by atoms with Crippen molar-refractivity contribution in [2.75, 3.05) is 6.61 Å². The zero-order chi connectivity index (χ0) is 4.99. The Morgan fingerprint density at radius 2 is 2.00 bits per heavy atom. The Hall–Kier alpha value is 0.429. The molecule has 7 heavy (non-hydrogen) atoms. The second-order valence-electron chi connectivity index (χ2n) is 0.641. The van der Waals surface area contributed by atoms with E-state index in [1.807, 2.05) is 0 Å². The molecular formula is C2H6FeO3S. The maximum absolute atomic E-state index is 9.41.